The SMILES string of the molecule is CCc1ccc2[nH]c(=O)c(CN(C(=S)NC(C)c3ccccc3)C3CCCC3)cc2c1. The molecule has 1 atom stereocenters. The maximum atomic E-state index is 12.9. The zero-order valence-corrected chi connectivity index (χ0v) is 19.2. The van der Waals surface area contributed by atoms with E-state index in [1.54, 1.807) is 0 Å². The molecule has 4 rings (SSSR count). The van der Waals surface area contributed by atoms with Gasteiger partial charge in [0, 0.05) is 17.1 Å². The average Bonchev–Trinajstić information content (AvgIpc) is 3.32. The molecule has 2 aromatic carbocycles. The van der Waals surface area contributed by atoms with Crippen LogP contribution in [-0.2, 0) is 13.0 Å². The topological polar surface area (TPSA) is 48.1 Å². The van der Waals surface area contributed by atoms with Crippen molar-refractivity contribution in [3.8, 4) is 0 Å². The first-order chi connectivity index (χ1) is 15.0. The molecule has 31 heavy (non-hydrogen) atoms. The number of H-pyrrole nitrogens is 1. The smallest absolute Gasteiger partial charge is 0.253 e. The lowest BCUT2D eigenvalue weighted by Crippen LogP contribution is -2.46. The van der Waals surface area contributed by atoms with E-state index in [4.69, 9.17) is 12.2 Å². The molecule has 0 spiro atoms. The molecule has 0 bridgehead atoms. The van der Waals surface area contributed by atoms with Crippen LogP contribution < -0.4 is 10.9 Å². The Hall–Kier alpha value is -2.66. The molecule has 1 unspecified atom stereocenters. The fourth-order valence-electron chi connectivity index (χ4n) is 4.50. The lowest BCUT2D eigenvalue weighted by Gasteiger charge is -2.33. The largest absolute Gasteiger partial charge is 0.356 e. The van der Waals surface area contributed by atoms with Gasteiger partial charge in [0.25, 0.3) is 5.56 Å². The zero-order valence-electron chi connectivity index (χ0n) is 18.4. The Balaban J connectivity index is 1.60. The molecule has 1 saturated carbocycles. The number of fused-ring (bicyclic) bond motifs is 1. The highest BCUT2D eigenvalue weighted by atomic mass is 32.1. The van der Waals surface area contributed by atoms with Crippen LogP contribution in [0, 0.1) is 0 Å². The van der Waals surface area contributed by atoms with Gasteiger partial charge in [0.2, 0.25) is 0 Å². The van der Waals surface area contributed by atoms with Crippen LogP contribution in [0.5, 0.6) is 0 Å². The molecule has 1 aromatic heterocycles. The molecule has 1 heterocycles. The summed E-state index contributed by atoms with van der Waals surface area (Å²) in [5.41, 5.74) is 4.10. The highest BCUT2D eigenvalue weighted by Crippen LogP contribution is 2.26. The summed E-state index contributed by atoms with van der Waals surface area (Å²) in [6.45, 7) is 4.80. The molecule has 3 aromatic rings. The summed E-state index contributed by atoms with van der Waals surface area (Å²) in [4.78, 5) is 18.2. The van der Waals surface area contributed by atoms with E-state index in [9.17, 15) is 4.79 Å². The fraction of sp³-hybridized carbons (Fsp3) is 0.385. The molecule has 5 heteroatoms. The van der Waals surface area contributed by atoms with Gasteiger partial charge in [-0.3, -0.25) is 4.79 Å². The molecular weight excluding hydrogens is 402 g/mol. The van der Waals surface area contributed by atoms with E-state index in [-0.39, 0.29) is 11.6 Å². The van der Waals surface area contributed by atoms with Crippen molar-refractivity contribution in [1.29, 1.82) is 0 Å². The Bertz CT molecular complexity index is 1100. The number of nitrogens with zero attached hydrogens (tertiary/aromatic N) is 1. The minimum atomic E-state index is -0.0290. The Kier molecular flexibility index (Phi) is 6.71. The normalized spacial score (nSPS) is 15.2. The number of nitrogens with one attached hydrogen (secondary N) is 2. The van der Waals surface area contributed by atoms with Crippen LogP contribution in [0.1, 0.15) is 62.3 Å². The molecule has 1 fully saturated rings. The molecule has 0 saturated heterocycles. The third-order valence-corrected chi connectivity index (χ3v) is 6.75. The third-order valence-electron chi connectivity index (χ3n) is 6.40. The van der Waals surface area contributed by atoms with Gasteiger partial charge in [0.05, 0.1) is 12.6 Å². The van der Waals surface area contributed by atoms with Crippen molar-refractivity contribution >= 4 is 28.2 Å². The molecule has 4 nitrogen and oxygen atoms in total. The second kappa shape index (κ2) is 9.65. The summed E-state index contributed by atoms with van der Waals surface area (Å²) < 4.78 is 0. The monoisotopic (exact) mass is 433 g/mol. The minimum absolute atomic E-state index is 0.0290. The molecule has 1 aliphatic carbocycles. The second-order valence-electron chi connectivity index (χ2n) is 8.55. The van der Waals surface area contributed by atoms with E-state index in [2.05, 4.69) is 53.3 Å². The van der Waals surface area contributed by atoms with E-state index in [1.165, 1.54) is 24.0 Å². The maximum Gasteiger partial charge on any atom is 0.253 e. The van der Waals surface area contributed by atoms with Gasteiger partial charge in [0.1, 0.15) is 0 Å². The molecule has 1 aliphatic rings. The van der Waals surface area contributed by atoms with Crippen LogP contribution in [0.2, 0.25) is 0 Å². The summed E-state index contributed by atoms with van der Waals surface area (Å²) >= 11 is 5.87. The first-order valence-corrected chi connectivity index (χ1v) is 11.7. The first kappa shape index (κ1) is 21.6. The van der Waals surface area contributed by atoms with E-state index < -0.39 is 0 Å². The van der Waals surface area contributed by atoms with Gasteiger partial charge in [-0.2, -0.15) is 0 Å². The van der Waals surface area contributed by atoms with Crippen LogP contribution in [0.4, 0.5) is 0 Å². The summed E-state index contributed by atoms with van der Waals surface area (Å²) in [6.07, 6.45) is 5.64. The number of hydrogen-bond acceptors (Lipinski definition) is 2. The summed E-state index contributed by atoms with van der Waals surface area (Å²) in [7, 11) is 0. The second-order valence-corrected chi connectivity index (χ2v) is 8.93. The number of aryl methyl sites for hydroxylation is 1. The fourth-order valence-corrected chi connectivity index (χ4v) is 4.89. The summed E-state index contributed by atoms with van der Waals surface area (Å²) in [6, 6.07) is 19.1. The average molecular weight is 434 g/mol. The van der Waals surface area contributed by atoms with Gasteiger partial charge in [-0.1, -0.05) is 56.2 Å². The quantitative estimate of drug-likeness (QED) is 0.506. The van der Waals surface area contributed by atoms with E-state index in [0.717, 1.165) is 40.8 Å². The number of aromatic nitrogens is 1. The van der Waals surface area contributed by atoms with Gasteiger partial charge in [0.15, 0.2) is 5.11 Å². The lowest BCUT2D eigenvalue weighted by atomic mass is 10.1. The van der Waals surface area contributed by atoms with Crippen molar-refractivity contribution < 1.29 is 0 Å². The maximum absolute atomic E-state index is 12.9. The minimum Gasteiger partial charge on any atom is -0.356 e. The van der Waals surface area contributed by atoms with E-state index in [1.807, 2.05) is 30.3 Å². The van der Waals surface area contributed by atoms with Gasteiger partial charge in [-0.15, -0.1) is 0 Å². The van der Waals surface area contributed by atoms with Crippen LogP contribution in [-0.4, -0.2) is 21.0 Å². The number of hydrogen-bond donors (Lipinski definition) is 2. The standard InChI is InChI=1S/C26H31N3OS/c1-3-19-13-14-24-21(15-19)16-22(25(30)28-24)17-29(23-11-7-8-12-23)26(31)27-18(2)20-9-5-4-6-10-20/h4-6,9-10,13-16,18,23H,3,7-8,11-12,17H2,1-2H3,(H,27,31)(H,28,30). The highest BCUT2D eigenvalue weighted by Gasteiger charge is 2.26. The van der Waals surface area contributed by atoms with E-state index in [0.29, 0.717) is 12.6 Å². The third kappa shape index (κ3) is 4.99. The van der Waals surface area contributed by atoms with Crippen LogP contribution in [0.15, 0.2) is 59.4 Å². The van der Waals surface area contributed by atoms with Crippen LogP contribution in [0.3, 0.4) is 0 Å². The predicted octanol–water partition coefficient (Wildman–Crippen LogP) is 5.47. The Morgan fingerprint density at radius 3 is 2.61 bits per heavy atom. The molecule has 162 valence electrons. The molecule has 0 aliphatic heterocycles. The van der Waals surface area contributed by atoms with Gasteiger partial charge in [-0.25, -0.2) is 0 Å². The Labute approximate surface area is 189 Å². The zero-order chi connectivity index (χ0) is 21.8. The predicted molar refractivity (Wildman–Crippen MR) is 132 cm³/mol. The van der Waals surface area contributed by atoms with Crippen LogP contribution in [0.25, 0.3) is 10.9 Å². The van der Waals surface area contributed by atoms with Gasteiger partial charge < -0.3 is 15.2 Å². The number of pyridine rings is 1. The summed E-state index contributed by atoms with van der Waals surface area (Å²) in [5.74, 6) is 0. The Morgan fingerprint density at radius 1 is 1.16 bits per heavy atom. The molecule has 0 radical (unpaired) electrons. The summed E-state index contributed by atoms with van der Waals surface area (Å²) in [5, 5.41) is 5.32. The molecular formula is C26H31N3OS. The van der Waals surface area contributed by atoms with Crippen molar-refractivity contribution in [2.45, 2.75) is 64.6 Å². The lowest BCUT2D eigenvalue weighted by molar-refractivity contribution is 0.300. The van der Waals surface area contributed by atoms with Crippen molar-refractivity contribution in [2.75, 3.05) is 0 Å². The van der Waals surface area contributed by atoms with E-state index >= 15 is 0 Å². The van der Waals surface area contributed by atoms with Gasteiger partial charge >= 0.3 is 0 Å². The Morgan fingerprint density at radius 2 is 1.90 bits per heavy atom. The molecule has 0 amide bonds. The highest BCUT2D eigenvalue weighted by molar-refractivity contribution is 7.80. The van der Waals surface area contributed by atoms with Crippen molar-refractivity contribution in [1.82, 2.24) is 15.2 Å². The van der Waals surface area contributed by atoms with Crippen molar-refractivity contribution in [2.24, 2.45) is 0 Å². The van der Waals surface area contributed by atoms with Crippen molar-refractivity contribution in [3.05, 3.63) is 81.6 Å². The van der Waals surface area contributed by atoms with Crippen LogP contribution >= 0.6 is 12.2 Å². The first-order valence-electron chi connectivity index (χ1n) is 11.3. The number of rotatable bonds is 6. The number of thiocarbonyl (C=S) groups is 1. The van der Waals surface area contributed by atoms with Gasteiger partial charge in [-0.05, 0) is 73.1 Å². The number of aromatic amines is 1. The van der Waals surface area contributed by atoms with Crippen molar-refractivity contribution in [3.63, 3.8) is 0 Å². The number of benzene rings is 2. The molecule has 2 N–H and O–H groups in total.